The van der Waals surface area contributed by atoms with E-state index in [2.05, 4.69) is 106 Å². The van der Waals surface area contributed by atoms with E-state index in [1.54, 1.807) is 20.0 Å². The molecule has 0 aliphatic rings. The number of nitrogens with one attached hydrogen (secondary N) is 1. The first-order chi connectivity index (χ1) is 13.4. The largest absolute Gasteiger partial charge is 0.477 e. The van der Waals surface area contributed by atoms with Crippen LogP contribution in [0.25, 0.3) is 21.7 Å². The fourth-order valence-corrected chi connectivity index (χ4v) is 2.00. The van der Waals surface area contributed by atoms with Crippen molar-refractivity contribution in [2.45, 2.75) is 41.5 Å². The van der Waals surface area contributed by atoms with Gasteiger partial charge in [-0.2, -0.15) is 70.5 Å². The topological polar surface area (TPSA) is 15.8 Å². The van der Waals surface area contributed by atoms with Crippen LogP contribution in [0.3, 0.4) is 0 Å². The maximum atomic E-state index is 3.25. The van der Waals surface area contributed by atoms with E-state index in [0.29, 0.717) is 0 Å². The van der Waals surface area contributed by atoms with Crippen LogP contribution in [0.2, 0.25) is 0 Å². The van der Waals surface area contributed by atoms with E-state index in [4.69, 9.17) is 0 Å². The fraction of sp³-hybridized carbons (Fsp3) is 0.231. The van der Waals surface area contributed by atoms with Gasteiger partial charge in [0.2, 0.25) is 0 Å². The Balaban J connectivity index is -0.000000329. The summed E-state index contributed by atoms with van der Waals surface area (Å²) in [5, 5.41) is 3.88. The second-order valence-corrected chi connectivity index (χ2v) is 7.16. The quantitative estimate of drug-likeness (QED) is 0.192. The Morgan fingerprint density at radius 2 is 1.23 bits per heavy atom. The Labute approximate surface area is 207 Å². The first kappa shape index (κ1) is 33.4. The third-order valence-electron chi connectivity index (χ3n) is 2.94. The van der Waals surface area contributed by atoms with Gasteiger partial charge in [-0.3, -0.25) is 0 Å². The molecule has 0 fully saturated rings. The molecule has 30 heavy (non-hydrogen) atoms. The van der Waals surface area contributed by atoms with Crippen molar-refractivity contribution in [1.29, 1.82) is 0 Å². The first-order valence-corrected chi connectivity index (χ1v) is 10.4. The molecule has 0 radical (unpaired) electrons. The summed E-state index contributed by atoms with van der Waals surface area (Å²) in [6, 6.07) is 24.7. The van der Waals surface area contributed by atoms with Gasteiger partial charge in [-0.1, -0.05) is 18.2 Å². The zero-order valence-electron chi connectivity index (χ0n) is 19.0. The number of rotatable bonds is 0. The Kier molecular flexibility index (Phi) is 23.4. The molecule has 4 aromatic rings. The van der Waals surface area contributed by atoms with Gasteiger partial charge in [0.15, 0.2) is 0 Å². The smallest absolute Gasteiger partial charge is 0.0745 e. The van der Waals surface area contributed by atoms with Crippen molar-refractivity contribution in [1.82, 2.24) is 4.98 Å². The van der Waals surface area contributed by atoms with Crippen LogP contribution >= 0.6 is 24.8 Å². The molecule has 0 unspecified atom stereocenters. The van der Waals surface area contributed by atoms with Gasteiger partial charge in [-0.15, -0.1) is 78.3 Å². The number of H-pyrrole nitrogens is 1. The predicted molar refractivity (Wildman–Crippen MR) is 139 cm³/mol. The number of fused-ring (bicyclic) bond motifs is 2. The predicted octanol–water partition coefficient (Wildman–Crippen LogP) is 8.58. The molecule has 0 aliphatic carbocycles. The molecule has 0 bridgehead atoms. The van der Waals surface area contributed by atoms with Gasteiger partial charge >= 0.3 is 24.8 Å². The normalized spacial score (nSPS) is 8.63. The van der Waals surface area contributed by atoms with Gasteiger partial charge in [0.05, 0.1) is 0 Å². The molecule has 0 saturated carbocycles. The van der Waals surface area contributed by atoms with Crippen LogP contribution in [-0.2, 0) is 20.0 Å². The Bertz CT molecular complexity index is 727. The van der Waals surface area contributed by atoms with Gasteiger partial charge in [0.25, 0.3) is 0 Å². The molecule has 1 heterocycles. The number of benzene rings is 2. The second-order valence-electron chi connectivity index (χ2n) is 7.16. The maximum absolute atomic E-state index is 3.25. The molecule has 4 rings (SSSR count). The van der Waals surface area contributed by atoms with Gasteiger partial charge < -0.3 is 16.8 Å². The standard InChI is InChI=1S/C9H7.C8H6N.2C4H9.CH2.2ClH.Ti/c1-2-5-9-7-3-6-8(9)4-1;1-2-4-8-7(3-1)5-6-9-8;2*1-4(2)3;;;;/h1-7H;1-5,9H;2*1-3H3;1H2;2*1H;/q4*-1;;;;. The van der Waals surface area contributed by atoms with Crippen molar-refractivity contribution in [2.24, 2.45) is 0 Å². The summed E-state index contributed by atoms with van der Waals surface area (Å²) in [6.07, 6.45) is 2.91. The summed E-state index contributed by atoms with van der Waals surface area (Å²) in [6.45, 7) is 12.5. The molecule has 0 spiro atoms. The summed E-state index contributed by atoms with van der Waals surface area (Å²) in [5.41, 5.74) is 1.15. The third kappa shape index (κ3) is 16.5. The van der Waals surface area contributed by atoms with Crippen LogP contribution < -0.4 is 0 Å². The van der Waals surface area contributed by atoms with Crippen LogP contribution in [0.1, 0.15) is 41.5 Å². The number of para-hydroxylation sites is 1. The van der Waals surface area contributed by atoms with Crippen LogP contribution in [0.15, 0.2) is 72.8 Å². The molecular weight excluding hydrogens is 445 g/mol. The molecule has 4 heteroatoms. The van der Waals surface area contributed by atoms with Crippen LogP contribution in [-0.4, -0.2) is 9.80 Å². The number of aromatic nitrogens is 1. The van der Waals surface area contributed by atoms with Crippen molar-refractivity contribution in [3.63, 3.8) is 0 Å². The third-order valence-corrected chi connectivity index (χ3v) is 2.94. The van der Waals surface area contributed by atoms with E-state index < -0.39 is 0 Å². The van der Waals surface area contributed by atoms with Crippen LogP contribution in [0.5, 0.6) is 0 Å². The zero-order valence-corrected chi connectivity index (χ0v) is 22.1. The Hall–Kier alpha value is -1.25. The molecule has 0 atom stereocenters. The Morgan fingerprint density at radius 3 is 1.73 bits per heavy atom. The minimum atomic E-state index is 0. The number of aromatic amines is 1. The summed E-state index contributed by atoms with van der Waals surface area (Å²) < 4.78 is 0. The molecule has 166 valence electrons. The van der Waals surface area contributed by atoms with E-state index in [-0.39, 0.29) is 24.8 Å². The average Bonchev–Trinajstić information content (AvgIpc) is 3.32. The second kappa shape index (κ2) is 21.0. The molecule has 1 nitrogen and oxygen atoms in total. The van der Waals surface area contributed by atoms with E-state index in [1.165, 1.54) is 28.0 Å². The van der Waals surface area contributed by atoms with Crippen LogP contribution in [0, 0.1) is 18.0 Å². The van der Waals surface area contributed by atoms with Crippen molar-refractivity contribution in [2.75, 3.05) is 0 Å². The SMILES string of the molecule is C[C-](C)C.C[C-](C)C.Cl.Cl.[CH2]=[Ti].[c-]1cc2ccccc2[nH]1.c1ccc2[cH-]ccc2c1. The molecule has 0 saturated heterocycles. The minimum Gasteiger partial charge on any atom is -0.477 e. The molecule has 1 N–H and O–H groups in total. The van der Waals surface area contributed by atoms with E-state index in [1.807, 2.05) is 24.3 Å². The first-order valence-electron chi connectivity index (χ1n) is 9.33. The van der Waals surface area contributed by atoms with Gasteiger partial charge in [0, 0.05) is 0 Å². The summed E-state index contributed by atoms with van der Waals surface area (Å²) in [5.74, 6) is 2.83. The van der Waals surface area contributed by atoms with Gasteiger partial charge in [-0.25, -0.2) is 0 Å². The Morgan fingerprint density at radius 1 is 0.767 bits per heavy atom. The average molecular weight is 480 g/mol. The van der Waals surface area contributed by atoms with Crippen molar-refractivity contribution in [3.8, 4) is 0 Å². The van der Waals surface area contributed by atoms with E-state index in [0.717, 1.165) is 5.52 Å². The molecule has 3 aromatic carbocycles. The molecular formula is C26H35Cl2NTi-4. The number of hydrogen-bond donors (Lipinski definition) is 1. The van der Waals surface area contributed by atoms with Crippen molar-refractivity contribution < 1.29 is 20.0 Å². The summed E-state index contributed by atoms with van der Waals surface area (Å²) in [7, 11) is 0. The molecule has 0 amide bonds. The van der Waals surface area contributed by atoms with E-state index in [9.17, 15) is 0 Å². The summed E-state index contributed by atoms with van der Waals surface area (Å²) >= 11 is 1.75. The van der Waals surface area contributed by atoms with Gasteiger partial charge in [-0.05, 0) is 0 Å². The maximum Gasteiger partial charge on any atom is -0.0745 e. The van der Waals surface area contributed by atoms with Gasteiger partial charge in [0.1, 0.15) is 0 Å². The summed E-state index contributed by atoms with van der Waals surface area (Å²) in [4.78, 5) is 6.24. The monoisotopic (exact) mass is 479 g/mol. The molecule has 1 aromatic heterocycles. The van der Waals surface area contributed by atoms with Crippen LogP contribution in [0.4, 0.5) is 0 Å². The van der Waals surface area contributed by atoms with Crippen molar-refractivity contribution in [3.05, 3.63) is 90.8 Å². The van der Waals surface area contributed by atoms with E-state index >= 15 is 0 Å². The van der Waals surface area contributed by atoms with Crippen molar-refractivity contribution >= 4 is 51.3 Å². The fourth-order valence-electron chi connectivity index (χ4n) is 2.00. The zero-order chi connectivity index (χ0) is 21.4. The number of halogens is 2. The molecule has 0 aliphatic heterocycles. The minimum absolute atomic E-state index is 0. The number of hydrogen-bond acceptors (Lipinski definition) is 0.